The van der Waals surface area contributed by atoms with Crippen LogP contribution in [0.3, 0.4) is 0 Å². The number of ether oxygens (including phenoxy) is 1. The lowest BCUT2D eigenvalue weighted by Gasteiger charge is -2.28. The summed E-state index contributed by atoms with van der Waals surface area (Å²) in [6.07, 6.45) is 1.80. The molecule has 1 aliphatic rings. The van der Waals surface area contributed by atoms with E-state index in [0.717, 1.165) is 11.1 Å². The van der Waals surface area contributed by atoms with Gasteiger partial charge in [-0.2, -0.15) is 0 Å². The van der Waals surface area contributed by atoms with Gasteiger partial charge in [0.05, 0.1) is 12.7 Å². The Morgan fingerprint density at radius 3 is 2.55 bits per heavy atom. The fourth-order valence-corrected chi connectivity index (χ4v) is 4.83. The van der Waals surface area contributed by atoms with Crippen molar-refractivity contribution in [3.8, 4) is 17.0 Å². The predicted octanol–water partition coefficient (Wildman–Crippen LogP) is 5.64. The number of ketones is 1. The molecule has 33 heavy (non-hydrogen) atoms. The molecule has 0 aliphatic carbocycles. The first-order valence-electron chi connectivity index (χ1n) is 10.8. The lowest BCUT2D eigenvalue weighted by Crippen LogP contribution is -2.31. The van der Waals surface area contributed by atoms with E-state index in [2.05, 4.69) is 23.4 Å². The van der Waals surface area contributed by atoms with Gasteiger partial charge in [-0.3, -0.25) is 14.5 Å². The van der Waals surface area contributed by atoms with Crippen LogP contribution in [-0.2, 0) is 9.59 Å². The number of rotatable bonds is 7. The lowest BCUT2D eigenvalue weighted by atomic mass is 9.92. The molecule has 170 valence electrons. The summed E-state index contributed by atoms with van der Waals surface area (Å²) in [5.74, 6) is -1.02. The van der Waals surface area contributed by atoms with E-state index in [1.165, 1.54) is 16.9 Å². The van der Waals surface area contributed by atoms with Gasteiger partial charge in [0.1, 0.15) is 6.04 Å². The van der Waals surface area contributed by atoms with Crippen LogP contribution in [0.4, 0.5) is 5.69 Å². The molecule has 0 radical (unpaired) electrons. The third-order valence-electron chi connectivity index (χ3n) is 5.60. The van der Waals surface area contributed by atoms with Gasteiger partial charge in [0.15, 0.2) is 11.5 Å². The zero-order chi connectivity index (χ0) is 23.7. The zero-order valence-corrected chi connectivity index (χ0v) is 19.8. The van der Waals surface area contributed by atoms with E-state index in [1.54, 1.807) is 29.7 Å². The summed E-state index contributed by atoms with van der Waals surface area (Å²) < 4.78 is 5.44. The van der Waals surface area contributed by atoms with Gasteiger partial charge in [-0.1, -0.05) is 26.0 Å². The lowest BCUT2D eigenvalue weighted by molar-refractivity contribution is -0.118. The highest BCUT2D eigenvalue weighted by atomic mass is 32.1. The third-order valence-corrected chi connectivity index (χ3v) is 6.46. The first-order chi connectivity index (χ1) is 15.8. The summed E-state index contributed by atoms with van der Waals surface area (Å²) in [6, 6.07) is 12.3. The molecule has 1 atom stereocenters. The average molecular weight is 463 g/mol. The largest absolute Gasteiger partial charge is 0.503 e. The molecule has 6 nitrogen and oxygen atoms in total. The van der Waals surface area contributed by atoms with E-state index in [4.69, 9.17) is 4.74 Å². The molecule has 7 heteroatoms. The van der Waals surface area contributed by atoms with Crippen LogP contribution in [0.15, 0.2) is 65.4 Å². The molecular formula is C26H26N2O4S. The number of carbonyl (C=O) groups is 2. The maximum atomic E-state index is 13.3. The Kier molecular flexibility index (Phi) is 6.33. The highest BCUT2D eigenvalue weighted by molar-refractivity contribution is 7.10. The van der Waals surface area contributed by atoms with Crippen LogP contribution < -0.4 is 9.64 Å². The minimum absolute atomic E-state index is 0.0757. The molecule has 1 unspecified atom stereocenters. The van der Waals surface area contributed by atoms with E-state index >= 15 is 0 Å². The number of aliphatic hydroxyl groups excluding tert-OH is 1. The standard InChI is InChI=1S/C26H26N2O4S/c1-15(2)12-21(29)22-23(20-6-5-11-27-25(20)32-4)28(26(31)24(22)30)19-9-7-17(8-10-19)18-13-16(3)33-14-18/h5-11,13-15,23,30H,12H2,1-4H3. The Hall–Kier alpha value is -3.45. The van der Waals surface area contributed by atoms with Gasteiger partial charge < -0.3 is 9.84 Å². The van der Waals surface area contributed by atoms with Gasteiger partial charge in [-0.05, 0) is 59.7 Å². The van der Waals surface area contributed by atoms with Crippen molar-refractivity contribution in [2.24, 2.45) is 5.92 Å². The first kappa shape index (κ1) is 22.7. The number of aromatic nitrogens is 1. The molecule has 1 aliphatic heterocycles. The molecule has 2 aromatic heterocycles. The van der Waals surface area contributed by atoms with Crippen LogP contribution in [0.2, 0.25) is 0 Å². The van der Waals surface area contributed by atoms with Crippen molar-refractivity contribution >= 4 is 28.7 Å². The number of aryl methyl sites for hydroxylation is 1. The van der Waals surface area contributed by atoms with E-state index in [0.29, 0.717) is 17.1 Å². The molecule has 3 heterocycles. The van der Waals surface area contributed by atoms with Gasteiger partial charge in [-0.25, -0.2) is 4.98 Å². The second-order valence-electron chi connectivity index (χ2n) is 8.46. The minimum Gasteiger partial charge on any atom is -0.503 e. The van der Waals surface area contributed by atoms with Gasteiger partial charge in [-0.15, -0.1) is 11.3 Å². The van der Waals surface area contributed by atoms with E-state index < -0.39 is 17.7 Å². The predicted molar refractivity (Wildman–Crippen MR) is 130 cm³/mol. The molecule has 0 fully saturated rings. The zero-order valence-electron chi connectivity index (χ0n) is 19.0. The normalized spacial score (nSPS) is 16.1. The number of methoxy groups -OCH3 is 1. The Bertz CT molecular complexity index is 1230. The molecule has 1 aromatic carbocycles. The van der Waals surface area contributed by atoms with Crippen molar-refractivity contribution < 1.29 is 19.4 Å². The second-order valence-corrected chi connectivity index (χ2v) is 9.57. The summed E-state index contributed by atoms with van der Waals surface area (Å²) in [5.41, 5.74) is 3.33. The molecule has 0 saturated heterocycles. The summed E-state index contributed by atoms with van der Waals surface area (Å²) in [6.45, 7) is 5.91. The SMILES string of the molecule is COc1ncccc1C1C(C(=O)CC(C)C)=C(O)C(=O)N1c1ccc(-c2csc(C)c2)cc1. The summed E-state index contributed by atoms with van der Waals surface area (Å²) in [5, 5.41) is 12.9. The number of pyridine rings is 1. The van der Waals surface area contributed by atoms with E-state index in [1.807, 2.05) is 38.1 Å². The van der Waals surface area contributed by atoms with Gasteiger partial charge in [0.2, 0.25) is 5.88 Å². The topological polar surface area (TPSA) is 79.7 Å². The molecule has 0 saturated carbocycles. The Morgan fingerprint density at radius 1 is 1.21 bits per heavy atom. The first-order valence-corrected chi connectivity index (χ1v) is 11.6. The third kappa shape index (κ3) is 4.28. The molecule has 4 rings (SSSR count). The number of Topliss-reactive ketones (excluding diaryl/α,β-unsaturated/α-hetero) is 1. The fraction of sp³-hybridized carbons (Fsp3) is 0.269. The van der Waals surface area contributed by atoms with Crippen molar-refractivity contribution in [2.75, 3.05) is 12.0 Å². The molecule has 1 amide bonds. The highest BCUT2D eigenvalue weighted by Gasteiger charge is 2.45. The smallest absolute Gasteiger partial charge is 0.294 e. The number of carbonyl (C=O) groups excluding carboxylic acids is 2. The summed E-state index contributed by atoms with van der Waals surface area (Å²) >= 11 is 1.68. The van der Waals surface area contributed by atoms with Crippen molar-refractivity contribution in [3.05, 3.63) is 75.8 Å². The summed E-state index contributed by atoms with van der Waals surface area (Å²) in [7, 11) is 1.49. The number of thiophene rings is 1. The molecule has 3 aromatic rings. The average Bonchev–Trinajstić information content (AvgIpc) is 3.34. The van der Waals surface area contributed by atoms with Crippen LogP contribution in [0, 0.1) is 12.8 Å². The van der Waals surface area contributed by atoms with Crippen molar-refractivity contribution in [1.29, 1.82) is 0 Å². The Morgan fingerprint density at radius 2 is 1.94 bits per heavy atom. The number of nitrogens with zero attached hydrogens (tertiary/aromatic N) is 2. The number of hydrogen-bond donors (Lipinski definition) is 1. The number of aliphatic hydroxyl groups is 1. The Labute approximate surface area is 197 Å². The molecule has 0 bridgehead atoms. The maximum Gasteiger partial charge on any atom is 0.294 e. The van der Waals surface area contributed by atoms with Crippen molar-refractivity contribution in [2.45, 2.75) is 33.2 Å². The number of hydrogen-bond acceptors (Lipinski definition) is 6. The fourth-order valence-electron chi connectivity index (χ4n) is 4.12. The number of anilines is 1. The van der Waals surface area contributed by atoms with Crippen LogP contribution in [-0.4, -0.2) is 28.9 Å². The molecule has 0 spiro atoms. The second kappa shape index (κ2) is 9.19. The van der Waals surface area contributed by atoms with Crippen LogP contribution >= 0.6 is 11.3 Å². The van der Waals surface area contributed by atoms with Gasteiger partial charge >= 0.3 is 0 Å². The quantitative estimate of drug-likeness (QED) is 0.491. The van der Waals surface area contributed by atoms with Crippen molar-refractivity contribution in [3.63, 3.8) is 0 Å². The molecular weight excluding hydrogens is 436 g/mol. The van der Waals surface area contributed by atoms with Crippen LogP contribution in [0.25, 0.3) is 11.1 Å². The number of benzene rings is 1. The van der Waals surface area contributed by atoms with Crippen molar-refractivity contribution in [1.82, 2.24) is 4.98 Å². The maximum absolute atomic E-state index is 13.3. The minimum atomic E-state index is -0.832. The Balaban J connectivity index is 1.81. The summed E-state index contributed by atoms with van der Waals surface area (Å²) in [4.78, 5) is 33.3. The van der Waals surface area contributed by atoms with E-state index in [-0.39, 0.29) is 23.7 Å². The molecule has 1 N–H and O–H groups in total. The van der Waals surface area contributed by atoms with Crippen LogP contribution in [0.1, 0.15) is 36.8 Å². The highest BCUT2D eigenvalue weighted by Crippen LogP contribution is 2.44. The number of amides is 1. The van der Waals surface area contributed by atoms with Gasteiger partial charge in [0, 0.05) is 28.7 Å². The monoisotopic (exact) mass is 462 g/mol. The van der Waals surface area contributed by atoms with E-state index in [9.17, 15) is 14.7 Å². The van der Waals surface area contributed by atoms with Crippen LogP contribution in [0.5, 0.6) is 5.88 Å². The van der Waals surface area contributed by atoms with Gasteiger partial charge in [0.25, 0.3) is 5.91 Å².